The lowest BCUT2D eigenvalue weighted by Crippen LogP contribution is -2.28. The van der Waals surface area contributed by atoms with Gasteiger partial charge in [0.1, 0.15) is 0 Å². The van der Waals surface area contributed by atoms with E-state index in [1.807, 2.05) is 6.92 Å². The first-order valence-electron chi connectivity index (χ1n) is 5.91. The SMILES string of the molecule is CCCC(O)c1ccc(C(C)(C)C(=O)O)cc1. The number of carboxylic acids is 1. The summed E-state index contributed by atoms with van der Waals surface area (Å²) >= 11 is 0. The van der Waals surface area contributed by atoms with Gasteiger partial charge in [0.25, 0.3) is 0 Å². The van der Waals surface area contributed by atoms with Crippen molar-refractivity contribution in [1.29, 1.82) is 0 Å². The molecule has 0 fully saturated rings. The lowest BCUT2D eigenvalue weighted by molar-refractivity contribution is -0.142. The predicted molar refractivity (Wildman–Crippen MR) is 67.0 cm³/mol. The van der Waals surface area contributed by atoms with Gasteiger partial charge in [-0.05, 0) is 31.4 Å². The summed E-state index contributed by atoms with van der Waals surface area (Å²) in [6.07, 6.45) is 1.19. The average molecular weight is 236 g/mol. The summed E-state index contributed by atoms with van der Waals surface area (Å²) in [5, 5.41) is 18.9. The molecule has 1 rings (SSSR count). The minimum absolute atomic E-state index is 0.456. The fraction of sp³-hybridized carbons (Fsp3) is 0.500. The molecule has 0 aromatic heterocycles. The van der Waals surface area contributed by atoms with Gasteiger partial charge >= 0.3 is 5.97 Å². The van der Waals surface area contributed by atoms with Crippen molar-refractivity contribution in [2.45, 2.75) is 45.1 Å². The van der Waals surface area contributed by atoms with E-state index in [9.17, 15) is 9.90 Å². The van der Waals surface area contributed by atoms with Crippen LogP contribution in [0.15, 0.2) is 24.3 Å². The highest BCUT2D eigenvalue weighted by molar-refractivity contribution is 5.80. The Morgan fingerprint density at radius 3 is 2.24 bits per heavy atom. The van der Waals surface area contributed by atoms with E-state index >= 15 is 0 Å². The van der Waals surface area contributed by atoms with Crippen molar-refractivity contribution in [2.75, 3.05) is 0 Å². The van der Waals surface area contributed by atoms with Gasteiger partial charge in [-0.25, -0.2) is 0 Å². The van der Waals surface area contributed by atoms with Gasteiger partial charge in [0.15, 0.2) is 0 Å². The van der Waals surface area contributed by atoms with E-state index in [-0.39, 0.29) is 0 Å². The van der Waals surface area contributed by atoms with Crippen LogP contribution in [0.25, 0.3) is 0 Å². The highest BCUT2D eigenvalue weighted by atomic mass is 16.4. The van der Waals surface area contributed by atoms with Gasteiger partial charge in [-0.15, -0.1) is 0 Å². The van der Waals surface area contributed by atoms with Crippen molar-refractivity contribution in [3.8, 4) is 0 Å². The first-order valence-corrected chi connectivity index (χ1v) is 5.91. The van der Waals surface area contributed by atoms with E-state index in [0.29, 0.717) is 0 Å². The third-order valence-electron chi connectivity index (χ3n) is 3.11. The minimum atomic E-state index is -0.895. The standard InChI is InChI=1S/C14H20O3/c1-4-5-12(15)10-6-8-11(9-7-10)14(2,3)13(16)17/h6-9,12,15H,4-5H2,1-3H3,(H,16,17). The average Bonchev–Trinajstić information content (AvgIpc) is 2.29. The number of aliphatic hydroxyl groups is 1. The van der Waals surface area contributed by atoms with Crippen LogP contribution in [0.1, 0.15) is 50.8 Å². The molecule has 0 aliphatic rings. The summed E-state index contributed by atoms with van der Waals surface area (Å²) in [6, 6.07) is 7.17. The molecule has 1 atom stereocenters. The van der Waals surface area contributed by atoms with Gasteiger partial charge in [-0.1, -0.05) is 37.6 Å². The number of benzene rings is 1. The van der Waals surface area contributed by atoms with E-state index in [1.165, 1.54) is 0 Å². The van der Waals surface area contributed by atoms with E-state index in [0.717, 1.165) is 24.0 Å². The third kappa shape index (κ3) is 3.07. The Labute approximate surface area is 102 Å². The molecule has 17 heavy (non-hydrogen) atoms. The molecule has 0 spiro atoms. The van der Waals surface area contributed by atoms with E-state index in [2.05, 4.69) is 0 Å². The number of carbonyl (C=O) groups is 1. The van der Waals surface area contributed by atoms with Crippen LogP contribution in [0, 0.1) is 0 Å². The summed E-state index contributed by atoms with van der Waals surface area (Å²) in [6.45, 7) is 5.37. The van der Waals surface area contributed by atoms with Crippen LogP contribution < -0.4 is 0 Å². The second kappa shape index (κ2) is 5.32. The molecule has 0 saturated heterocycles. The molecule has 0 bridgehead atoms. The van der Waals surface area contributed by atoms with Crippen LogP contribution >= 0.6 is 0 Å². The normalized spacial score (nSPS) is 13.4. The Kier molecular flexibility index (Phi) is 4.29. The van der Waals surface area contributed by atoms with Gasteiger partial charge in [-0.2, -0.15) is 0 Å². The molecule has 0 radical (unpaired) electrons. The largest absolute Gasteiger partial charge is 0.481 e. The summed E-state index contributed by atoms with van der Waals surface area (Å²) in [5.74, 6) is -0.848. The van der Waals surface area contributed by atoms with E-state index in [4.69, 9.17) is 5.11 Å². The molecule has 1 unspecified atom stereocenters. The molecule has 0 heterocycles. The maximum atomic E-state index is 11.1. The minimum Gasteiger partial charge on any atom is -0.481 e. The van der Waals surface area contributed by atoms with Crippen molar-refractivity contribution in [3.63, 3.8) is 0 Å². The number of carboxylic acid groups (broad SMARTS) is 1. The number of rotatable bonds is 5. The highest BCUT2D eigenvalue weighted by Crippen LogP contribution is 2.26. The molecule has 1 aromatic carbocycles. The van der Waals surface area contributed by atoms with Crippen molar-refractivity contribution in [2.24, 2.45) is 0 Å². The molecular weight excluding hydrogens is 216 g/mol. The van der Waals surface area contributed by atoms with Gasteiger partial charge in [-0.3, -0.25) is 4.79 Å². The maximum Gasteiger partial charge on any atom is 0.313 e. The van der Waals surface area contributed by atoms with Crippen molar-refractivity contribution >= 4 is 5.97 Å². The zero-order valence-electron chi connectivity index (χ0n) is 10.6. The molecule has 0 amide bonds. The molecule has 1 aromatic rings. The summed E-state index contributed by atoms with van der Waals surface area (Å²) in [5.41, 5.74) is 0.697. The van der Waals surface area contributed by atoms with Crippen LogP contribution in [0.4, 0.5) is 0 Å². The molecule has 0 aliphatic heterocycles. The Hall–Kier alpha value is -1.35. The quantitative estimate of drug-likeness (QED) is 0.826. The van der Waals surface area contributed by atoms with Crippen LogP contribution in [0.2, 0.25) is 0 Å². The number of hydrogen-bond donors (Lipinski definition) is 2. The zero-order valence-corrected chi connectivity index (χ0v) is 10.6. The topological polar surface area (TPSA) is 57.5 Å². The lowest BCUT2D eigenvalue weighted by atomic mass is 9.84. The first kappa shape index (κ1) is 13.7. The fourth-order valence-corrected chi connectivity index (χ4v) is 1.69. The zero-order chi connectivity index (χ0) is 13.1. The Morgan fingerprint density at radius 2 is 1.82 bits per heavy atom. The second-order valence-corrected chi connectivity index (χ2v) is 4.86. The number of aliphatic carboxylic acids is 1. The second-order valence-electron chi connectivity index (χ2n) is 4.86. The molecule has 0 saturated carbocycles. The van der Waals surface area contributed by atoms with Crippen molar-refractivity contribution in [1.82, 2.24) is 0 Å². The van der Waals surface area contributed by atoms with E-state index < -0.39 is 17.5 Å². The molecule has 3 heteroatoms. The van der Waals surface area contributed by atoms with Crippen molar-refractivity contribution in [3.05, 3.63) is 35.4 Å². The summed E-state index contributed by atoms with van der Waals surface area (Å²) in [7, 11) is 0. The lowest BCUT2D eigenvalue weighted by Gasteiger charge is -2.20. The fourth-order valence-electron chi connectivity index (χ4n) is 1.69. The highest BCUT2D eigenvalue weighted by Gasteiger charge is 2.29. The van der Waals surface area contributed by atoms with Gasteiger partial charge in [0.2, 0.25) is 0 Å². The number of aliphatic hydroxyl groups excluding tert-OH is 1. The molecule has 94 valence electrons. The number of hydrogen-bond acceptors (Lipinski definition) is 2. The molecular formula is C14H20O3. The van der Waals surface area contributed by atoms with Crippen LogP contribution in [0.5, 0.6) is 0 Å². The molecule has 3 nitrogen and oxygen atoms in total. The van der Waals surface area contributed by atoms with Crippen LogP contribution in [0.3, 0.4) is 0 Å². The van der Waals surface area contributed by atoms with Crippen molar-refractivity contribution < 1.29 is 15.0 Å². The van der Waals surface area contributed by atoms with E-state index in [1.54, 1.807) is 38.1 Å². The van der Waals surface area contributed by atoms with Gasteiger partial charge in [0, 0.05) is 0 Å². The predicted octanol–water partition coefficient (Wildman–Crippen LogP) is 2.88. The molecule has 2 N–H and O–H groups in total. The van der Waals surface area contributed by atoms with Crippen LogP contribution in [-0.4, -0.2) is 16.2 Å². The Morgan fingerprint density at radius 1 is 1.29 bits per heavy atom. The smallest absolute Gasteiger partial charge is 0.313 e. The first-order chi connectivity index (χ1) is 7.89. The Balaban J connectivity index is 2.92. The van der Waals surface area contributed by atoms with Gasteiger partial charge < -0.3 is 10.2 Å². The van der Waals surface area contributed by atoms with Crippen LogP contribution in [-0.2, 0) is 10.2 Å². The van der Waals surface area contributed by atoms with Gasteiger partial charge in [0.05, 0.1) is 11.5 Å². The maximum absolute atomic E-state index is 11.1. The third-order valence-corrected chi connectivity index (χ3v) is 3.11. The summed E-state index contributed by atoms with van der Waals surface area (Å²) < 4.78 is 0. The molecule has 0 aliphatic carbocycles. The Bertz CT molecular complexity index is 379. The monoisotopic (exact) mass is 236 g/mol. The summed E-state index contributed by atoms with van der Waals surface area (Å²) in [4.78, 5) is 11.1.